The van der Waals surface area contributed by atoms with Crippen LogP contribution >= 0.6 is 0 Å². The lowest BCUT2D eigenvalue weighted by atomic mass is 9.99. The molecule has 0 spiro atoms. The van der Waals surface area contributed by atoms with Gasteiger partial charge in [-0.3, -0.25) is 4.98 Å². The van der Waals surface area contributed by atoms with Gasteiger partial charge < -0.3 is 5.11 Å². The fraction of sp³-hybridized carbons (Fsp3) is 0. The second kappa shape index (κ2) is 4.94. The smallest absolute Gasteiger partial charge is 0.115 e. The molecule has 1 heterocycles. The van der Waals surface area contributed by atoms with E-state index in [2.05, 4.69) is 4.98 Å². The van der Waals surface area contributed by atoms with Crippen molar-refractivity contribution < 1.29 is 5.11 Å². The van der Waals surface area contributed by atoms with Crippen LogP contribution in [0.3, 0.4) is 0 Å². The highest BCUT2D eigenvalue weighted by molar-refractivity contribution is 5.80. The lowest BCUT2D eigenvalue weighted by molar-refractivity contribution is 0.475. The predicted molar refractivity (Wildman–Crippen MR) is 76.8 cm³/mol. The van der Waals surface area contributed by atoms with E-state index in [1.807, 2.05) is 54.6 Å². The van der Waals surface area contributed by atoms with Crippen LogP contribution in [0, 0.1) is 0 Å². The standard InChI is InChI=1S/C17H13NO/c19-15-10-8-13(9-11-15)16-7-4-12-18-17(16)14-5-2-1-3-6-14/h1-12,19H. The van der Waals surface area contributed by atoms with Gasteiger partial charge in [0.15, 0.2) is 0 Å². The molecule has 0 aliphatic heterocycles. The first-order valence-corrected chi connectivity index (χ1v) is 6.14. The van der Waals surface area contributed by atoms with E-state index in [0.29, 0.717) is 0 Å². The number of rotatable bonds is 2. The lowest BCUT2D eigenvalue weighted by Crippen LogP contribution is -1.88. The summed E-state index contributed by atoms with van der Waals surface area (Å²) in [5.41, 5.74) is 4.15. The van der Waals surface area contributed by atoms with Crippen LogP contribution < -0.4 is 0 Å². The molecule has 0 fully saturated rings. The average molecular weight is 247 g/mol. The maximum Gasteiger partial charge on any atom is 0.115 e. The monoisotopic (exact) mass is 247 g/mol. The first-order chi connectivity index (χ1) is 9.34. The van der Waals surface area contributed by atoms with E-state index in [4.69, 9.17) is 0 Å². The first kappa shape index (κ1) is 11.5. The summed E-state index contributed by atoms with van der Waals surface area (Å²) in [6.45, 7) is 0. The Bertz CT molecular complexity index is 675. The van der Waals surface area contributed by atoms with Gasteiger partial charge >= 0.3 is 0 Å². The van der Waals surface area contributed by atoms with E-state index in [1.165, 1.54) is 0 Å². The number of hydrogen-bond donors (Lipinski definition) is 1. The van der Waals surface area contributed by atoms with Gasteiger partial charge in [-0.2, -0.15) is 0 Å². The zero-order valence-electron chi connectivity index (χ0n) is 10.3. The van der Waals surface area contributed by atoms with Crippen molar-refractivity contribution in [3.05, 3.63) is 72.9 Å². The molecule has 0 amide bonds. The molecule has 0 aliphatic rings. The van der Waals surface area contributed by atoms with Crippen molar-refractivity contribution in [2.45, 2.75) is 0 Å². The van der Waals surface area contributed by atoms with E-state index >= 15 is 0 Å². The van der Waals surface area contributed by atoms with Gasteiger partial charge in [-0.05, 0) is 23.8 Å². The molecule has 0 saturated heterocycles. The van der Waals surface area contributed by atoms with Gasteiger partial charge in [0.05, 0.1) is 5.69 Å². The largest absolute Gasteiger partial charge is 0.508 e. The summed E-state index contributed by atoms with van der Waals surface area (Å²) >= 11 is 0. The maximum absolute atomic E-state index is 9.37. The Morgan fingerprint density at radius 3 is 2.16 bits per heavy atom. The molecule has 92 valence electrons. The molecule has 1 N–H and O–H groups in total. The molecule has 0 radical (unpaired) electrons. The summed E-state index contributed by atoms with van der Waals surface area (Å²) in [6.07, 6.45) is 1.80. The minimum atomic E-state index is 0.272. The zero-order chi connectivity index (χ0) is 13.1. The first-order valence-electron chi connectivity index (χ1n) is 6.14. The Morgan fingerprint density at radius 1 is 0.684 bits per heavy atom. The number of phenols is 1. The second-order valence-corrected chi connectivity index (χ2v) is 4.31. The van der Waals surface area contributed by atoms with E-state index in [1.54, 1.807) is 18.3 Å². The molecule has 3 rings (SSSR count). The average Bonchev–Trinajstić information content (AvgIpc) is 2.49. The zero-order valence-corrected chi connectivity index (χ0v) is 10.3. The van der Waals surface area contributed by atoms with Crippen LogP contribution in [0.25, 0.3) is 22.4 Å². The molecule has 0 atom stereocenters. The third-order valence-electron chi connectivity index (χ3n) is 3.03. The highest BCUT2D eigenvalue weighted by Crippen LogP contribution is 2.30. The molecule has 3 aromatic rings. The molecule has 1 aromatic heterocycles. The molecule has 0 bridgehead atoms. The minimum absolute atomic E-state index is 0.272. The second-order valence-electron chi connectivity index (χ2n) is 4.31. The van der Waals surface area contributed by atoms with Crippen LogP contribution in [0.4, 0.5) is 0 Å². The van der Waals surface area contributed by atoms with Gasteiger partial charge in [0.25, 0.3) is 0 Å². The molecule has 0 unspecified atom stereocenters. The van der Waals surface area contributed by atoms with E-state index < -0.39 is 0 Å². The predicted octanol–water partition coefficient (Wildman–Crippen LogP) is 4.12. The molecule has 2 nitrogen and oxygen atoms in total. The Labute approximate surface area is 112 Å². The minimum Gasteiger partial charge on any atom is -0.508 e. The Morgan fingerprint density at radius 2 is 1.42 bits per heavy atom. The molecule has 2 heteroatoms. The number of phenolic OH excluding ortho intramolecular Hbond substituents is 1. The van der Waals surface area contributed by atoms with Gasteiger partial charge in [0.1, 0.15) is 5.75 Å². The summed E-state index contributed by atoms with van der Waals surface area (Å²) < 4.78 is 0. The molecule has 0 aliphatic carbocycles. The number of nitrogens with zero attached hydrogens (tertiary/aromatic N) is 1. The van der Waals surface area contributed by atoms with E-state index in [-0.39, 0.29) is 5.75 Å². The summed E-state index contributed by atoms with van der Waals surface area (Å²) in [6, 6.07) is 21.3. The van der Waals surface area contributed by atoms with Crippen molar-refractivity contribution in [2.75, 3.05) is 0 Å². The highest BCUT2D eigenvalue weighted by Gasteiger charge is 2.07. The Kier molecular flexibility index (Phi) is 2.99. The van der Waals surface area contributed by atoms with Gasteiger partial charge in [0.2, 0.25) is 0 Å². The quantitative estimate of drug-likeness (QED) is 0.738. The van der Waals surface area contributed by atoms with Crippen LogP contribution in [0.15, 0.2) is 72.9 Å². The normalized spacial score (nSPS) is 10.3. The van der Waals surface area contributed by atoms with Crippen LogP contribution in [0.5, 0.6) is 5.75 Å². The number of aromatic hydroxyl groups is 1. The third-order valence-corrected chi connectivity index (χ3v) is 3.03. The SMILES string of the molecule is Oc1ccc(-c2cccnc2-c2ccccc2)cc1. The Hall–Kier alpha value is -2.61. The summed E-state index contributed by atoms with van der Waals surface area (Å²) in [5.74, 6) is 0.272. The summed E-state index contributed by atoms with van der Waals surface area (Å²) in [7, 11) is 0. The number of hydrogen-bond acceptors (Lipinski definition) is 2. The van der Waals surface area contributed by atoms with Gasteiger partial charge in [0, 0.05) is 17.3 Å². The van der Waals surface area contributed by atoms with Crippen molar-refractivity contribution in [1.82, 2.24) is 4.98 Å². The van der Waals surface area contributed by atoms with Crippen molar-refractivity contribution in [2.24, 2.45) is 0 Å². The van der Waals surface area contributed by atoms with E-state index in [9.17, 15) is 5.11 Å². The van der Waals surface area contributed by atoms with E-state index in [0.717, 1.165) is 22.4 Å². The highest BCUT2D eigenvalue weighted by atomic mass is 16.3. The van der Waals surface area contributed by atoms with Crippen molar-refractivity contribution >= 4 is 0 Å². The number of benzene rings is 2. The number of pyridine rings is 1. The molecule has 19 heavy (non-hydrogen) atoms. The lowest BCUT2D eigenvalue weighted by Gasteiger charge is -2.08. The summed E-state index contributed by atoms with van der Waals surface area (Å²) in [4.78, 5) is 4.49. The molecular weight excluding hydrogens is 234 g/mol. The summed E-state index contributed by atoms with van der Waals surface area (Å²) in [5, 5.41) is 9.37. The maximum atomic E-state index is 9.37. The van der Waals surface area contributed by atoms with Gasteiger partial charge in [-0.25, -0.2) is 0 Å². The van der Waals surface area contributed by atoms with Crippen molar-refractivity contribution in [3.63, 3.8) is 0 Å². The van der Waals surface area contributed by atoms with Gasteiger partial charge in [-0.15, -0.1) is 0 Å². The fourth-order valence-corrected chi connectivity index (χ4v) is 2.11. The Balaban J connectivity index is 2.15. The van der Waals surface area contributed by atoms with Crippen molar-refractivity contribution in [3.8, 4) is 28.1 Å². The van der Waals surface area contributed by atoms with Crippen LogP contribution in [0.1, 0.15) is 0 Å². The topological polar surface area (TPSA) is 33.1 Å². The fourth-order valence-electron chi connectivity index (χ4n) is 2.11. The van der Waals surface area contributed by atoms with Crippen molar-refractivity contribution in [1.29, 1.82) is 0 Å². The molecule has 0 saturated carbocycles. The van der Waals surface area contributed by atoms with Crippen LogP contribution in [-0.2, 0) is 0 Å². The molecular formula is C17H13NO. The third kappa shape index (κ3) is 2.33. The van der Waals surface area contributed by atoms with Gasteiger partial charge in [-0.1, -0.05) is 48.5 Å². The molecule has 2 aromatic carbocycles. The van der Waals surface area contributed by atoms with Crippen LogP contribution in [-0.4, -0.2) is 10.1 Å². The van der Waals surface area contributed by atoms with Crippen LogP contribution in [0.2, 0.25) is 0 Å². The number of aromatic nitrogens is 1.